The summed E-state index contributed by atoms with van der Waals surface area (Å²) in [6, 6.07) is 7.65. The second kappa shape index (κ2) is 5.72. The first-order chi connectivity index (χ1) is 11.0. The van der Waals surface area contributed by atoms with E-state index in [2.05, 4.69) is 15.3 Å². The molecule has 0 atom stereocenters. The molecule has 1 amide bonds. The van der Waals surface area contributed by atoms with Gasteiger partial charge in [-0.25, -0.2) is 9.97 Å². The predicted molar refractivity (Wildman–Crippen MR) is 91.1 cm³/mol. The van der Waals surface area contributed by atoms with Crippen LogP contribution in [0.15, 0.2) is 36.8 Å². The van der Waals surface area contributed by atoms with E-state index >= 15 is 0 Å². The third-order valence-corrected chi connectivity index (χ3v) is 3.99. The molecule has 0 aliphatic heterocycles. The van der Waals surface area contributed by atoms with Gasteiger partial charge in [0.05, 0.1) is 18.0 Å². The topological polar surface area (TPSA) is 63.1 Å². The van der Waals surface area contributed by atoms with Crippen molar-refractivity contribution in [3.63, 3.8) is 0 Å². The molecule has 0 saturated heterocycles. The molecule has 2 aromatic heterocycles. The lowest BCUT2D eigenvalue weighted by atomic mass is 10.1. The van der Waals surface area contributed by atoms with E-state index in [0.717, 1.165) is 28.1 Å². The lowest BCUT2D eigenvalue weighted by Gasteiger charge is -2.21. The number of amides is 1. The van der Waals surface area contributed by atoms with Gasteiger partial charge < -0.3 is 14.8 Å². The Morgan fingerprint density at radius 3 is 2.74 bits per heavy atom. The highest BCUT2D eigenvalue weighted by molar-refractivity contribution is 5.94. The van der Waals surface area contributed by atoms with E-state index in [1.807, 2.05) is 54.8 Å². The second-order valence-electron chi connectivity index (χ2n) is 5.53. The summed E-state index contributed by atoms with van der Waals surface area (Å²) in [6.45, 7) is 1.99. The van der Waals surface area contributed by atoms with Crippen molar-refractivity contribution < 1.29 is 4.79 Å². The lowest BCUT2D eigenvalue weighted by molar-refractivity contribution is 0.0963. The fourth-order valence-electron chi connectivity index (χ4n) is 2.64. The van der Waals surface area contributed by atoms with Crippen molar-refractivity contribution in [2.45, 2.75) is 6.92 Å². The molecule has 3 aromatic rings. The van der Waals surface area contributed by atoms with Crippen LogP contribution in [0.1, 0.15) is 15.9 Å². The zero-order chi connectivity index (χ0) is 16.6. The first-order valence-electron chi connectivity index (χ1n) is 7.35. The summed E-state index contributed by atoms with van der Waals surface area (Å²) in [6.07, 6.45) is 3.55. The Kier molecular flexibility index (Phi) is 3.73. The molecule has 3 rings (SSSR count). The number of hydrogen-bond donors (Lipinski definition) is 1. The number of aromatic nitrogens is 3. The Morgan fingerprint density at radius 1 is 1.26 bits per heavy atom. The van der Waals surface area contributed by atoms with Gasteiger partial charge in [-0.3, -0.25) is 4.79 Å². The first-order valence-corrected chi connectivity index (χ1v) is 7.35. The number of nitrogens with one attached hydrogen (secondary N) is 1. The van der Waals surface area contributed by atoms with E-state index in [0.29, 0.717) is 5.56 Å². The predicted octanol–water partition coefficient (Wildman–Crippen LogP) is 2.40. The maximum absolute atomic E-state index is 11.7. The van der Waals surface area contributed by atoms with Gasteiger partial charge in [0.1, 0.15) is 11.3 Å². The number of carbonyl (C=O) groups is 1. The number of nitrogens with zero attached hydrogens (tertiary/aromatic N) is 4. The van der Waals surface area contributed by atoms with Crippen molar-refractivity contribution in [2.24, 2.45) is 7.05 Å². The van der Waals surface area contributed by atoms with E-state index in [1.165, 1.54) is 0 Å². The monoisotopic (exact) mass is 309 g/mol. The van der Waals surface area contributed by atoms with Crippen LogP contribution in [0.3, 0.4) is 0 Å². The Hall–Kier alpha value is -2.89. The molecule has 1 N–H and O–H groups in total. The molecule has 0 radical (unpaired) electrons. The van der Waals surface area contributed by atoms with E-state index in [1.54, 1.807) is 19.6 Å². The van der Waals surface area contributed by atoms with Crippen molar-refractivity contribution in [1.29, 1.82) is 0 Å². The molecule has 23 heavy (non-hydrogen) atoms. The number of benzene rings is 1. The van der Waals surface area contributed by atoms with Crippen molar-refractivity contribution >= 4 is 28.4 Å². The number of carbonyl (C=O) groups excluding carboxylic acids is 1. The zero-order valence-electron chi connectivity index (χ0n) is 13.7. The van der Waals surface area contributed by atoms with E-state index in [-0.39, 0.29) is 5.91 Å². The van der Waals surface area contributed by atoms with Crippen molar-refractivity contribution in [1.82, 2.24) is 19.9 Å². The molecule has 0 bridgehead atoms. The molecule has 0 fully saturated rings. The number of pyridine rings is 1. The highest BCUT2D eigenvalue weighted by Gasteiger charge is 2.12. The number of imidazole rings is 1. The van der Waals surface area contributed by atoms with Crippen molar-refractivity contribution in [3.8, 4) is 0 Å². The van der Waals surface area contributed by atoms with E-state index < -0.39 is 0 Å². The number of rotatable bonds is 3. The van der Waals surface area contributed by atoms with Gasteiger partial charge in [0.15, 0.2) is 0 Å². The molecule has 6 nitrogen and oxygen atoms in total. The first kappa shape index (κ1) is 15.0. The molecule has 1 aromatic carbocycles. The third kappa shape index (κ3) is 2.63. The normalized spacial score (nSPS) is 10.8. The van der Waals surface area contributed by atoms with Gasteiger partial charge in [0.25, 0.3) is 5.91 Å². The summed E-state index contributed by atoms with van der Waals surface area (Å²) in [5.74, 6) is 0.744. The minimum Gasteiger partial charge on any atom is -0.355 e. The molecular formula is C17H19N5O. The molecule has 0 saturated carbocycles. The van der Waals surface area contributed by atoms with Gasteiger partial charge in [-0.15, -0.1) is 0 Å². The summed E-state index contributed by atoms with van der Waals surface area (Å²) in [7, 11) is 5.56. The summed E-state index contributed by atoms with van der Waals surface area (Å²) in [4.78, 5) is 22.5. The summed E-state index contributed by atoms with van der Waals surface area (Å²) < 4.78 is 1.97. The van der Waals surface area contributed by atoms with Gasteiger partial charge in [0.2, 0.25) is 0 Å². The average molecular weight is 309 g/mol. The van der Waals surface area contributed by atoms with Gasteiger partial charge >= 0.3 is 0 Å². The highest BCUT2D eigenvalue weighted by atomic mass is 16.1. The fourth-order valence-corrected chi connectivity index (χ4v) is 2.64. The molecule has 0 aliphatic rings. The van der Waals surface area contributed by atoms with E-state index in [9.17, 15) is 4.79 Å². The van der Waals surface area contributed by atoms with Crippen LogP contribution in [0, 0.1) is 6.92 Å². The molecule has 6 heteroatoms. The summed E-state index contributed by atoms with van der Waals surface area (Å²) >= 11 is 0. The van der Waals surface area contributed by atoms with Crippen LogP contribution in [-0.4, -0.2) is 34.5 Å². The van der Waals surface area contributed by atoms with Gasteiger partial charge in [-0.2, -0.15) is 0 Å². The number of anilines is 2. The van der Waals surface area contributed by atoms with Crippen LogP contribution in [0.5, 0.6) is 0 Å². The average Bonchev–Trinajstić information content (AvgIpc) is 2.94. The molecule has 2 heterocycles. The van der Waals surface area contributed by atoms with Gasteiger partial charge in [-0.05, 0) is 30.7 Å². The van der Waals surface area contributed by atoms with Crippen LogP contribution < -0.4 is 10.2 Å². The summed E-state index contributed by atoms with van der Waals surface area (Å²) in [5.41, 5.74) is 4.57. The SMILES string of the molecule is CNC(=O)c1ccc(N(C)c2cc3c(cn2)ncn3C)c(C)c1. The molecular weight excluding hydrogens is 290 g/mol. The maximum Gasteiger partial charge on any atom is 0.251 e. The van der Waals surface area contributed by atoms with Crippen LogP contribution >= 0.6 is 0 Å². The fraction of sp³-hybridized carbons (Fsp3) is 0.235. The van der Waals surface area contributed by atoms with Crippen LogP contribution in [0.4, 0.5) is 11.5 Å². The highest BCUT2D eigenvalue weighted by Crippen LogP contribution is 2.27. The molecule has 118 valence electrons. The summed E-state index contributed by atoms with van der Waals surface area (Å²) in [5, 5.41) is 2.64. The minimum atomic E-state index is -0.0864. The van der Waals surface area contributed by atoms with Gasteiger partial charge in [-0.1, -0.05) is 0 Å². The maximum atomic E-state index is 11.7. The smallest absolute Gasteiger partial charge is 0.251 e. The van der Waals surface area contributed by atoms with Crippen molar-refractivity contribution in [3.05, 3.63) is 47.9 Å². The minimum absolute atomic E-state index is 0.0864. The standard InChI is InChI=1S/C17H19N5O/c1-11-7-12(17(23)18-2)5-6-14(11)22(4)16-8-15-13(9-19-16)20-10-21(15)3/h5-10H,1-4H3,(H,18,23). The quantitative estimate of drug-likeness (QED) is 0.807. The third-order valence-electron chi connectivity index (χ3n) is 3.99. The lowest BCUT2D eigenvalue weighted by Crippen LogP contribution is -2.18. The zero-order valence-corrected chi connectivity index (χ0v) is 13.7. The Labute approximate surface area is 134 Å². The Morgan fingerprint density at radius 2 is 2.04 bits per heavy atom. The molecule has 0 aliphatic carbocycles. The Balaban J connectivity index is 1.99. The van der Waals surface area contributed by atoms with Crippen LogP contribution in [-0.2, 0) is 7.05 Å². The molecule has 0 spiro atoms. The second-order valence-corrected chi connectivity index (χ2v) is 5.53. The Bertz CT molecular complexity index is 884. The van der Waals surface area contributed by atoms with Crippen LogP contribution in [0.2, 0.25) is 0 Å². The number of hydrogen-bond acceptors (Lipinski definition) is 4. The largest absolute Gasteiger partial charge is 0.355 e. The van der Waals surface area contributed by atoms with E-state index in [4.69, 9.17) is 0 Å². The van der Waals surface area contributed by atoms with Crippen LogP contribution in [0.25, 0.3) is 11.0 Å². The van der Waals surface area contributed by atoms with Gasteiger partial charge in [0, 0.05) is 38.5 Å². The number of aryl methyl sites for hydroxylation is 2. The molecule has 0 unspecified atom stereocenters. The number of fused-ring (bicyclic) bond motifs is 1. The van der Waals surface area contributed by atoms with Crippen molar-refractivity contribution in [2.75, 3.05) is 19.0 Å².